The first-order chi connectivity index (χ1) is 16.5. The van der Waals surface area contributed by atoms with Crippen molar-refractivity contribution in [3.63, 3.8) is 0 Å². The number of nitrogen functional groups attached to an aromatic ring is 1. The van der Waals surface area contributed by atoms with Gasteiger partial charge in [-0.25, -0.2) is 0 Å². The summed E-state index contributed by atoms with van der Waals surface area (Å²) in [4.78, 5) is 14.0. The molecule has 4 aromatic rings. The molecule has 0 aliphatic carbocycles. The van der Waals surface area contributed by atoms with Gasteiger partial charge in [-0.05, 0) is 41.6 Å². The summed E-state index contributed by atoms with van der Waals surface area (Å²) >= 11 is 1.62. The van der Waals surface area contributed by atoms with Gasteiger partial charge < -0.3 is 15.6 Å². The van der Waals surface area contributed by atoms with E-state index < -0.39 is 11.9 Å². The number of benzene rings is 3. The van der Waals surface area contributed by atoms with Crippen molar-refractivity contribution in [2.24, 2.45) is 11.0 Å². The van der Waals surface area contributed by atoms with Gasteiger partial charge in [0.25, 0.3) is 0 Å². The van der Waals surface area contributed by atoms with Crippen LogP contribution >= 0.6 is 11.8 Å². The Morgan fingerprint density at radius 1 is 1.12 bits per heavy atom. The number of nitrogens with zero attached hydrogens (tertiary/aromatic N) is 4. The van der Waals surface area contributed by atoms with Crippen LogP contribution in [0.3, 0.4) is 0 Å². The third-order valence-electron chi connectivity index (χ3n) is 5.78. The molecule has 1 heterocycles. The Morgan fingerprint density at radius 3 is 2.62 bits per heavy atom. The second-order valence-electron chi connectivity index (χ2n) is 8.21. The summed E-state index contributed by atoms with van der Waals surface area (Å²) in [5, 5.41) is 17.9. The zero-order chi connectivity index (χ0) is 24.1. The lowest BCUT2D eigenvalue weighted by Crippen LogP contribution is -2.38. The quantitative estimate of drug-likeness (QED) is 0.0704. The van der Waals surface area contributed by atoms with E-state index in [1.165, 1.54) is 0 Å². The molecule has 7 nitrogen and oxygen atoms in total. The molecule has 0 bridgehead atoms. The fourth-order valence-corrected chi connectivity index (χ4v) is 5.12. The average Bonchev–Trinajstić information content (AvgIpc) is 2.84. The van der Waals surface area contributed by atoms with E-state index in [9.17, 15) is 9.90 Å². The number of aromatic nitrogens is 1. The third-order valence-corrected chi connectivity index (χ3v) is 7.09. The molecule has 1 atom stereocenters. The molecule has 0 spiro atoms. The average molecular weight is 472 g/mol. The van der Waals surface area contributed by atoms with E-state index in [1.54, 1.807) is 18.7 Å². The molecule has 0 saturated carbocycles. The first-order valence-electron chi connectivity index (χ1n) is 11.1. The lowest BCUT2D eigenvalue weighted by atomic mass is 9.98. The Hall–Kier alpha value is -3.74. The highest BCUT2D eigenvalue weighted by Gasteiger charge is 2.23. The summed E-state index contributed by atoms with van der Waals surface area (Å²) in [6, 6.07) is 21.8. The lowest BCUT2D eigenvalue weighted by molar-refractivity contribution is -0.659. The second kappa shape index (κ2) is 10.5. The Morgan fingerprint density at radius 2 is 1.88 bits per heavy atom. The summed E-state index contributed by atoms with van der Waals surface area (Å²) in [6.45, 7) is 2.39. The van der Waals surface area contributed by atoms with Crippen LogP contribution in [0.25, 0.3) is 43.4 Å². The van der Waals surface area contributed by atoms with Crippen molar-refractivity contribution in [2.45, 2.75) is 19.9 Å². The van der Waals surface area contributed by atoms with Gasteiger partial charge in [-0.2, -0.15) is 16.3 Å². The minimum atomic E-state index is -1.01. The van der Waals surface area contributed by atoms with Crippen LogP contribution in [-0.4, -0.2) is 17.5 Å². The molecule has 8 heteroatoms. The summed E-state index contributed by atoms with van der Waals surface area (Å²) < 4.78 is 2.27. The van der Waals surface area contributed by atoms with Gasteiger partial charge in [0.15, 0.2) is 6.54 Å². The molecule has 0 aliphatic rings. The predicted octanol–water partition coefficient (Wildman–Crippen LogP) is 4.98. The smallest absolute Gasteiger partial charge is 0.220 e. The van der Waals surface area contributed by atoms with Crippen LogP contribution < -0.4 is 15.4 Å². The number of hydrogen-bond acceptors (Lipinski definition) is 5. The molecule has 1 aromatic heterocycles. The summed E-state index contributed by atoms with van der Waals surface area (Å²) in [6.07, 6.45) is 0.848. The van der Waals surface area contributed by atoms with Crippen LogP contribution in [0, 0.1) is 5.92 Å². The number of azide groups is 1. The van der Waals surface area contributed by atoms with Crippen molar-refractivity contribution >= 4 is 50.8 Å². The highest BCUT2D eigenvalue weighted by atomic mass is 32.2. The van der Waals surface area contributed by atoms with Crippen molar-refractivity contribution in [1.29, 1.82) is 0 Å². The monoisotopic (exact) mass is 471 g/mol. The number of carboxylic acid groups (broad SMARTS) is 1. The molecule has 1 unspecified atom stereocenters. The number of nitrogens with two attached hydrogens (primary N) is 1. The Labute approximate surface area is 201 Å². The first kappa shape index (κ1) is 23.4. The molecule has 172 valence electrons. The van der Waals surface area contributed by atoms with Crippen molar-refractivity contribution in [2.75, 3.05) is 17.2 Å². The standard InChI is InChI=1S/C26H25N5O2S/c1-17(26(32)33)16-34-13-5-12-31-24-14-19(27)8-10-22(24)21-11-9-20(29-30-28)15-23(21)25(31)18-6-3-2-4-7-18/h2-4,6-11,14-15,17,27H,5,12-13,16H2,1H3,(H,32,33). The number of hydrogen-bond donors (Lipinski definition) is 1. The minimum absolute atomic E-state index is 0.474. The first-order valence-corrected chi connectivity index (χ1v) is 12.2. The molecule has 4 rings (SSSR count). The molecule has 0 aliphatic heterocycles. The summed E-state index contributed by atoms with van der Waals surface area (Å²) in [5.74, 6) is -0.142. The molecule has 0 saturated heterocycles. The summed E-state index contributed by atoms with van der Waals surface area (Å²) in [7, 11) is 0. The number of pyridine rings is 1. The predicted molar refractivity (Wildman–Crippen MR) is 136 cm³/mol. The van der Waals surface area contributed by atoms with Gasteiger partial charge in [-0.1, -0.05) is 42.4 Å². The van der Waals surface area contributed by atoms with Crippen LogP contribution in [0.5, 0.6) is 0 Å². The molecular formula is C26H25N5O2S. The maximum atomic E-state index is 11.0. The topological polar surface area (TPSA) is 119 Å². The number of fused-ring (bicyclic) bond motifs is 3. The van der Waals surface area contributed by atoms with Crippen molar-refractivity contribution in [1.82, 2.24) is 0 Å². The van der Waals surface area contributed by atoms with Gasteiger partial charge in [0.05, 0.1) is 10.8 Å². The molecular weight excluding hydrogens is 446 g/mol. The van der Waals surface area contributed by atoms with Crippen LogP contribution in [0.1, 0.15) is 13.3 Å². The van der Waals surface area contributed by atoms with Crippen LogP contribution in [0.4, 0.5) is 11.4 Å². The van der Waals surface area contributed by atoms with Crippen molar-refractivity contribution < 1.29 is 14.5 Å². The molecule has 0 radical (unpaired) electrons. The van der Waals surface area contributed by atoms with Crippen LogP contribution in [-0.2, 0) is 11.3 Å². The number of thioether (sulfide) groups is 1. The van der Waals surface area contributed by atoms with Gasteiger partial charge in [0, 0.05) is 57.4 Å². The Balaban J connectivity index is 1.86. The molecule has 0 fully saturated rings. The molecule has 3 aromatic carbocycles. The highest BCUT2D eigenvalue weighted by Crippen LogP contribution is 2.34. The Kier molecular flexibility index (Phi) is 7.21. The Bertz CT molecular complexity index is 1400. The molecule has 34 heavy (non-hydrogen) atoms. The van der Waals surface area contributed by atoms with Gasteiger partial charge in [0.2, 0.25) is 11.2 Å². The lowest BCUT2D eigenvalue weighted by Gasteiger charge is -2.14. The summed E-state index contributed by atoms with van der Waals surface area (Å²) in [5.41, 5.74) is 19.5. The number of carbonyl (C=O) groups excluding carboxylic acids is 1. The number of aryl methyl sites for hydroxylation is 1. The van der Waals surface area contributed by atoms with Gasteiger partial charge in [-0.3, -0.25) is 0 Å². The molecule has 0 amide bonds. The number of carboxylic acids is 1. The largest absolute Gasteiger partial charge is 0.550 e. The maximum Gasteiger partial charge on any atom is 0.220 e. The molecule has 2 N–H and O–H groups in total. The third kappa shape index (κ3) is 4.93. The number of anilines is 1. The fourth-order valence-electron chi connectivity index (χ4n) is 4.13. The van der Waals surface area contributed by atoms with Gasteiger partial charge in [-0.15, -0.1) is 0 Å². The maximum absolute atomic E-state index is 11.0. The zero-order valence-electron chi connectivity index (χ0n) is 18.8. The van der Waals surface area contributed by atoms with Crippen LogP contribution in [0.15, 0.2) is 71.8 Å². The zero-order valence-corrected chi connectivity index (χ0v) is 19.7. The highest BCUT2D eigenvalue weighted by molar-refractivity contribution is 7.99. The van der Waals surface area contributed by atoms with Crippen molar-refractivity contribution in [3.8, 4) is 11.3 Å². The van der Waals surface area contributed by atoms with Gasteiger partial charge in [0.1, 0.15) is 0 Å². The SMILES string of the molecule is CC(CSCCC[n+]1c(-c2ccccc2)c2cc(N=[N+]=[N-])ccc2c2ccc(N)cc21)C(=O)[O-]. The van der Waals surface area contributed by atoms with Crippen molar-refractivity contribution in [3.05, 3.63) is 77.2 Å². The van der Waals surface area contributed by atoms with E-state index in [2.05, 4.69) is 26.7 Å². The van der Waals surface area contributed by atoms with E-state index in [0.29, 0.717) is 17.1 Å². The van der Waals surface area contributed by atoms with E-state index >= 15 is 0 Å². The number of rotatable bonds is 9. The van der Waals surface area contributed by atoms with Crippen LogP contribution in [0.2, 0.25) is 0 Å². The van der Waals surface area contributed by atoms with E-state index in [1.807, 2.05) is 54.6 Å². The van der Waals surface area contributed by atoms with Gasteiger partial charge >= 0.3 is 0 Å². The van der Waals surface area contributed by atoms with E-state index in [-0.39, 0.29) is 0 Å². The minimum Gasteiger partial charge on any atom is -0.550 e. The van der Waals surface area contributed by atoms with E-state index in [4.69, 9.17) is 11.3 Å². The van der Waals surface area contributed by atoms with E-state index in [0.717, 1.165) is 51.7 Å². The number of carbonyl (C=O) groups is 1. The second-order valence-corrected chi connectivity index (χ2v) is 9.36. The number of aliphatic carboxylic acids is 1. The normalized spacial score (nSPS) is 11.9. The fraction of sp³-hybridized carbons (Fsp3) is 0.231.